The fraction of sp³-hybridized carbons (Fsp3) is 0.364. The van der Waals surface area contributed by atoms with E-state index in [1.807, 2.05) is 6.92 Å². The maximum absolute atomic E-state index is 12.7. The second-order valence-electron chi connectivity index (χ2n) is 7.28. The van der Waals surface area contributed by atoms with E-state index >= 15 is 0 Å². The van der Waals surface area contributed by atoms with Crippen LogP contribution < -0.4 is 10.9 Å². The van der Waals surface area contributed by atoms with E-state index in [1.165, 1.54) is 0 Å². The molecule has 1 amide bonds. The highest BCUT2D eigenvalue weighted by Crippen LogP contribution is 2.27. The zero-order chi connectivity index (χ0) is 21.1. The molecule has 0 unspecified atom stereocenters. The van der Waals surface area contributed by atoms with Gasteiger partial charge in [0, 0.05) is 36.8 Å². The standard InChI is InChI=1S/C22H23N3O5/c1-3-18-24-21(30-25-18)15-4-6-16(7-5-15)23-20(26)19-13(2)12-17(29-22(19)27)14-8-10-28-11-9-14/h4-7,12,14H,3,8-11H2,1-2H3,(H,23,26). The van der Waals surface area contributed by atoms with Gasteiger partial charge in [-0.3, -0.25) is 4.79 Å². The van der Waals surface area contributed by atoms with E-state index in [1.54, 1.807) is 37.3 Å². The van der Waals surface area contributed by atoms with Gasteiger partial charge in [0.05, 0.1) is 0 Å². The first-order chi connectivity index (χ1) is 14.5. The highest BCUT2D eigenvalue weighted by molar-refractivity contribution is 6.04. The highest BCUT2D eigenvalue weighted by Gasteiger charge is 2.23. The number of hydrogen-bond donors (Lipinski definition) is 1. The Bertz CT molecular complexity index is 1090. The fourth-order valence-corrected chi connectivity index (χ4v) is 3.49. The quantitative estimate of drug-likeness (QED) is 0.684. The van der Waals surface area contributed by atoms with E-state index < -0.39 is 11.5 Å². The summed E-state index contributed by atoms with van der Waals surface area (Å²) in [6.07, 6.45) is 2.30. The van der Waals surface area contributed by atoms with Crippen LogP contribution in [0, 0.1) is 6.92 Å². The van der Waals surface area contributed by atoms with Crippen LogP contribution in [-0.4, -0.2) is 29.3 Å². The minimum atomic E-state index is -0.622. The van der Waals surface area contributed by atoms with Crippen molar-refractivity contribution in [1.82, 2.24) is 10.1 Å². The summed E-state index contributed by atoms with van der Waals surface area (Å²) in [4.78, 5) is 29.5. The first kappa shape index (κ1) is 20.0. The van der Waals surface area contributed by atoms with E-state index in [9.17, 15) is 9.59 Å². The maximum atomic E-state index is 12.7. The molecule has 1 aromatic carbocycles. The molecule has 3 heterocycles. The number of aryl methyl sites for hydroxylation is 2. The number of carbonyl (C=O) groups is 1. The van der Waals surface area contributed by atoms with Crippen molar-refractivity contribution in [3.63, 3.8) is 0 Å². The van der Waals surface area contributed by atoms with Gasteiger partial charge in [-0.05, 0) is 55.7 Å². The van der Waals surface area contributed by atoms with Gasteiger partial charge in [-0.25, -0.2) is 4.79 Å². The van der Waals surface area contributed by atoms with Crippen LogP contribution in [0.4, 0.5) is 5.69 Å². The zero-order valence-corrected chi connectivity index (χ0v) is 16.9. The molecule has 8 heteroatoms. The summed E-state index contributed by atoms with van der Waals surface area (Å²) in [6, 6.07) is 8.77. The summed E-state index contributed by atoms with van der Waals surface area (Å²) < 4.78 is 16.0. The lowest BCUT2D eigenvalue weighted by atomic mass is 9.95. The number of aromatic nitrogens is 2. The fourth-order valence-electron chi connectivity index (χ4n) is 3.49. The van der Waals surface area contributed by atoms with Crippen molar-refractivity contribution in [2.24, 2.45) is 0 Å². The molecule has 1 N–H and O–H groups in total. The molecule has 0 aliphatic carbocycles. The molecule has 30 heavy (non-hydrogen) atoms. The molecule has 156 valence electrons. The van der Waals surface area contributed by atoms with E-state index in [0.29, 0.717) is 48.4 Å². The number of benzene rings is 1. The van der Waals surface area contributed by atoms with E-state index in [0.717, 1.165) is 18.4 Å². The molecule has 1 aliphatic heterocycles. The number of nitrogens with zero attached hydrogens (tertiary/aromatic N) is 2. The second kappa shape index (κ2) is 8.62. The largest absolute Gasteiger partial charge is 0.427 e. The molecule has 0 radical (unpaired) electrons. The third-order valence-corrected chi connectivity index (χ3v) is 5.19. The Morgan fingerprint density at radius 3 is 2.57 bits per heavy atom. The minimum Gasteiger partial charge on any atom is -0.427 e. The molecule has 4 rings (SSSR count). The summed E-state index contributed by atoms with van der Waals surface area (Å²) in [6.45, 7) is 4.99. The number of rotatable bonds is 5. The molecule has 3 aromatic rings. The SMILES string of the molecule is CCc1noc(-c2ccc(NC(=O)c3c(C)cc(C4CCOCC4)oc3=O)cc2)n1. The Morgan fingerprint density at radius 2 is 1.93 bits per heavy atom. The van der Waals surface area contributed by atoms with Gasteiger partial charge >= 0.3 is 5.63 Å². The Kier molecular flexibility index (Phi) is 5.76. The Morgan fingerprint density at radius 1 is 1.20 bits per heavy atom. The smallest absolute Gasteiger partial charge is 0.349 e. The molecule has 0 atom stereocenters. The third kappa shape index (κ3) is 4.18. The summed E-state index contributed by atoms with van der Waals surface area (Å²) in [5, 5.41) is 6.62. The van der Waals surface area contributed by atoms with Gasteiger partial charge in [0.15, 0.2) is 5.82 Å². The first-order valence-electron chi connectivity index (χ1n) is 10.0. The average molecular weight is 409 g/mol. The van der Waals surface area contributed by atoms with Crippen molar-refractivity contribution in [2.75, 3.05) is 18.5 Å². The molecule has 0 spiro atoms. The van der Waals surface area contributed by atoms with E-state index in [2.05, 4.69) is 15.5 Å². The van der Waals surface area contributed by atoms with Crippen LogP contribution in [0.2, 0.25) is 0 Å². The average Bonchev–Trinajstić information content (AvgIpc) is 3.24. The van der Waals surface area contributed by atoms with Crippen molar-refractivity contribution >= 4 is 11.6 Å². The Hall–Kier alpha value is -3.26. The lowest BCUT2D eigenvalue weighted by Gasteiger charge is -2.21. The predicted octanol–water partition coefficient (Wildman–Crippen LogP) is 3.71. The number of carbonyl (C=O) groups excluding carboxylic acids is 1. The second-order valence-corrected chi connectivity index (χ2v) is 7.28. The maximum Gasteiger partial charge on any atom is 0.349 e. The molecule has 1 saturated heterocycles. The molecule has 2 aromatic heterocycles. The van der Waals surface area contributed by atoms with Crippen LogP contribution in [0.5, 0.6) is 0 Å². The van der Waals surface area contributed by atoms with Crippen LogP contribution in [0.15, 0.2) is 44.1 Å². The third-order valence-electron chi connectivity index (χ3n) is 5.19. The summed E-state index contributed by atoms with van der Waals surface area (Å²) in [7, 11) is 0. The van der Waals surface area contributed by atoms with Gasteiger partial charge in [-0.15, -0.1) is 0 Å². The zero-order valence-electron chi connectivity index (χ0n) is 16.9. The van der Waals surface area contributed by atoms with Crippen molar-refractivity contribution in [1.29, 1.82) is 0 Å². The number of hydrogen-bond acceptors (Lipinski definition) is 7. The predicted molar refractivity (Wildman–Crippen MR) is 110 cm³/mol. The molecule has 1 fully saturated rings. The molecule has 0 saturated carbocycles. The van der Waals surface area contributed by atoms with Crippen LogP contribution in [0.3, 0.4) is 0 Å². The monoisotopic (exact) mass is 409 g/mol. The Labute approximate surface area is 173 Å². The van der Waals surface area contributed by atoms with Crippen LogP contribution in [0.1, 0.15) is 53.2 Å². The molecule has 1 aliphatic rings. The normalized spacial score (nSPS) is 14.6. The van der Waals surface area contributed by atoms with Gasteiger partial charge in [-0.1, -0.05) is 12.1 Å². The highest BCUT2D eigenvalue weighted by atomic mass is 16.5. The topological polar surface area (TPSA) is 107 Å². The Balaban J connectivity index is 1.50. The summed E-state index contributed by atoms with van der Waals surface area (Å²) in [5.41, 5.74) is 1.28. The molecule has 0 bridgehead atoms. The lowest BCUT2D eigenvalue weighted by molar-refractivity contribution is 0.0796. The molecular weight excluding hydrogens is 386 g/mol. The number of ether oxygens (including phenoxy) is 1. The molecular formula is C22H23N3O5. The van der Waals surface area contributed by atoms with Gasteiger partial charge in [0.2, 0.25) is 0 Å². The van der Waals surface area contributed by atoms with Crippen LogP contribution in [-0.2, 0) is 11.2 Å². The molecule has 8 nitrogen and oxygen atoms in total. The minimum absolute atomic E-state index is 0.0133. The summed E-state index contributed by atoms with van der Waals surface area (Å²) >= 11 is 0. The first-order valence-corrected chi connectivity index (χ1v) is 10.0. The van der Waals surface area contributed by atoms with Gasteiger partial charge in [0.1, 0.15) is 11.3 Å². The number of anilines is 1. The van der Waals surface area contributed by atoms with Crippen molar-refractivity contribution in [3.8, 4) is 11.5 Å². The van der Waals surface area contributed by atoms with Gasteiger partial charge in [0.25, 0.3) is 11.8 Å². The van der Waals surface area contributed by atoms with Crippen molar-refractivity contribution in [2.45, 2.75) is 39.0 Å². The van der Waals surface area contributed by atoms with Crippen molar-refractivity contribution in [3.05, 3.63) is 63.5 Å². The van der Waals surface area contributed by atoms with Gasteiger partial charge < -0.3 is 19.0 Å². The van der Waals surface area contributed by atoms with Crippen molar-refractivity contribution < 1.29 is 18.5 Å². The summed E-state index contributed by atoms with van der Waals surface area (Å²) in [5.74, 6) is 1.32. The number of nitrogens with one attached hydrogen (secondary N) is 1. The lowest BCUT2D eigenvalue weighted by Crippen LogP contribution is -2.24. The number of amides is 1. The van der Waals surface area contributed by atoms with E-state index in [4.69, 9.17) is 13.7 Å². The van der Waals surface area contributed by atoms with Crippen LogP contribution >= 0.6 is 0 Å². The van der Waals surface area contributed by atoms with E-state index in [-0.39, 0.29) is 11.5 Å². The van der Waals surface area contributed by atoms with Gasteiger partial charge in [-0.2, -0.15) is 4.98 Å². The van der Waals surface area contributed by atoms with Crippen LogP contribution in [0.25, 0.3) is 11.5 Å².